The Labute approximate surface area is 338 Å². The average molecular weight is 811 g/mol. The molecule has 3 N–H and O–H groups in total. The van der Waals surface area contributed by atoms with Crippen molar-refractivity contribution in [3.63, 3.8) is 0 Å². The Bertz CT molecular complexity index is 2310. The number of anilines is 1. The number of fused-ring (bicyclic) bond motifs is 4. The van der Waals surface area contributed by atoms with Crippen molar-refractivity contribution < 1.29 is 24.0 Å². The Morgan fingerprint density at radius 2 is 1.77 bits per heavy atom. The summed E-state index contributed by atoms with van der Waals surface area (Å²) in [5.41, 5.74) is 8.99. The number of halogens is 1. The van der Waals surface area contributed by atoms with Crippen LogP contribution in [0.25, 0.3) is 5.00 Å². The van der Waals surface area contributed by atoms with Crippen LogP contribution in [-0.2, 0) is 25.7 Å². The highest BCUT2D eigenvalue weighted by molar-refractivity contribution is 7.15. The number of hydrazine groups is 1. The van der Waals surface area contributed by atoms with E-state index >= 15 is 0 Å². The standard InChI is InChI=1S/C40H43ClN10O5S/c1-22-23(2)57-40-35(22)36(25-9-11-26(41)12-10-25)43-30(37-46-45-24(3)51(37)40)20-33(53)47-49-18-16-48(17-19-49)34(54)8-5-15-42-29-7-4-6-27-28(29)21-50(39(27)56)31-13-14-32(52)44-38(31)55/h4,6-7,9-12,30-31,42H,5,8,13-21H2,1-3H3,(H,47,53)(H,44,52,55)/t30-,31?/m0/s1. The number of carbonyl (C=O) groups is 5. The summed E-state index contributed by atoms with van der Waals surface area (Å²) in [4.78, 5) is 73.7. The van der Waals surface area contributed by atoms with Crippen LogP contribution in [0.15, 0.2) is 47.5 Å². The van der Waals surface area contributed by atoms with Crippen molar-refractivity contribution in [2.45, 2.75) is 71.5 Å². The fourth-order valence-corrected chi connectivity index (χ4v) is 9.31. The maximum atomic E-state index is 13.6. The molecule has 17 heteroatoms. The lowest BCUT2D eigenvalue weighted by atomic mass is 9.99. The van der Waals surface area contributed by atoms with Crippen LogP contribution in [0.3, 0.4) is 0 Å². The van der Waals surface area contributed by atoms with Gasteiger partial charge in [-0.3, -0.25) is 44.3 Å². The van der Waals surface area contributed by atoms with Gasteiger partial charge in [-0.15, -0.1) is 21.5 Å². The quantitative estimate of drug-likeness (QED) is 0.158. The number of aromatic nitrogens is 3. The summed E-state index contributed by atoms with van der Waals surface area (Å²) in [5.74, 6) is 0.176. The Balaban J connectivity index is 0.841. The minimum Gasteiger partial charge on any atom is -0.385 e. The molecule has 4 aromatic rings. The number of imide groups is 1. The Morgan fingerprint density at radius 1 is 1.00 bits per heavy atom. The Morgan fingerprint density at radius 3 is 2.53 bits per heavy atom. The van der Waals surface area contributed by atoms with Gasteiger partial charge in [0.2, 0.25) is 23.6 Å². The molecule has 0 saturated carbocycles. The predicted octanol–water partition coefficient (Wildman–Crippen LogP) is 4.02. The van der Waals surface area contributed by atoms with E-state index in [1.807, 2.05) is 51.7 Å². The summed E-state index contributed by atoms with van der Waals surface area (Å²) in [6, 6.07) is 11.7. The van der Waals surface area contributed by atoms with E-state index in [0.29, 0.717) is 68.4 Å². The van der Waals surface area contributed by atoms with Crippen molar-refractivity contribution in [2.24, 2.45) is 4.99 Å². The molecule has 296 valence electrons. The number of carbonyl (C=O) groups excluding carboxylic acids is 5. The van der Waals surface area contributed by atoms with Gasteiger partial charge in [0.15, 0.2) is 5.82 Å². The van der Waals surface area contributed by atoms with Crippen LogP contribution in [0.5, 0.6) is 0 Å². The first-order valence-electron chi connectivity index (χ1n) is 19.2. The normalized spacial score (nSPS) is 19.4. The van der Waals surface area contributed by atoms with E-state index in [1.165, 1.54) is 9.78 Å². The summed E-state index contributed by atoms with van der Waals surface area (Å²) in [6.45, 7) is 8.81. The molecule has 0 spiro atoms. The number of benzene rings is 2. The van der Waals surface area contributed by atoms with Crippen molar-refractivity contribution in [2.75, 3.05) is 38.0 Å². The predicted molar refractivity (Wildman–Crippen MR) is 214 cm³/mol. The lowest BCUT2D eigenvalue weighted by molar-refractivity contribution is -0.137. The zero-order valence-electron chi connectivity index (χ0n) is 31.9. The van der Waals surface area contributed by atoms with Gasteiger partial charge in [0.1, 0.15) is 22.9 Å². The second-order valence-electron chi connectivity index (χ2n) is 14.8. The zero-order valence-corrected chi connectivity index (χ0v) is 33.5. The van der Waals surface area contributed by atoms with Gasteiger partial charge in [0, 0.05) is 90.0 Å². The summed E-state index contributed by atoms with van der Waals surface area (Å²) in [6.07, 6.45) is 1.49. The second-order valence-corrected chi connectivity index (χ2v) is 16.4. The van der Waals surface area contributed by atoms with Gasteiger partial charge in [-0.05, 0) is 63.4 Å². The largest absolute Gasteiger partial charge is 0.385 e. The molecular formula is C40H43ClN10O5S. The highest BCUT2D eigenvalue weighted by Crippen LogP contribution is 2.40. The molecule has 2 aromatic carbocycles. The monoisotopic (exact) mass is 810 g/mol. The smallest absolute Gasteiger partial charge is 0.255 e. The number of nitrogens with one attached hydrogen (secondary N) is 3. The topological polar surface area (TPSA) is 174 Å². The lowest BCUT2D eigenvalue weighted by Crippen LogP contribution is -2.54. The number of amides is 5. The maximum absolute atomic E-state index is 13.6. The summed E-state index contributed by atoms with van der Waals surface area (Å²) in [7, 11) is 0. The van der Waals surface area contributed by atoms with Gasteiger partial charge in [-0.25, -0.2) is 5.01 Å². The van der Waals surface area contributed by atoms with Crippen LogP contribution in [0.4, 0.5) is 5.69 Å². The number of rotatable bonds is 10. The van der Waals surface area contributed by atoms with Crippen molar-refractivity contribution in [3.05, 3.63) is 91.8 Å². The number of piperazine rings is 1. The van der Waals surface area contributed by atoms with Crippen molar-refractivity contribution in [3.8, 4) is 5.00 Å². The lowest BCUT2D eigenvalue weighted by Gasteiger charge is -2.35. The first-order chi connectivity index (χ1) is 27.5. The van der Waals surface area contributed by atoms with Crippen molar-refractivity contribution >= 4 is 63.9 Å². The van der Waals surface area contributed by atoms with Crippen LogP contribution in [0, 0.1) is 20.8 Å². The van der Waals surface area contributed by atoms with E-state index in [0.717, 1.165) is 44.5 Å². The molecule has 0 bridgehead atoms. The molecule has 2 atom stereocenters. The van der Waals surface area contributed by atoms with Crippen LogP contribution < -0.4 is 16.1 Å². The molecule has 5 amide bonds. The van der Waals surface area contributed by atoms with Gasteiger partial charge in [0.05, 0.1) is 12.1 Å². The van der Waals surface area contributed by atoms with Gasteiger partial charge in [-0.2, -0.15) is 0 Å². The molecule has 4 aliphatic rings. The molecule has 2 fully saturated rings. The summed E-state index contributed by atoms with van der Waals surface area (Å²) >= 11 is 7.90. The third kappa shape index (κ3) is 7.56. The minimum atomic E-state index is -0.678. The van der Waals surface area contributed by atoms with Gasteiger partial charge >= 0.3 is 0 Å². The molecule has 57 heavy (non-hydrogen) atoms. The fourth-order valence-electron chi connectivity index (χ4n) is 7.97. The molecule has 1 unspecified atom stereocenters. The second kappa shape index (κ2) is 15.8. The molecule has 0 aliphatic carbocycles. The van der Waals surface area contributed by atoms with E-state index in [-0.39, 0.29) is 43.0 Å². The molecule has 0 radical (unpaired) electrons. The number of aryl methyl sites for hydroxylation is 2. The minimum absolute atomic E-state index is 0.0375. The highest BCUT2D eigenvalue weighted by Gasteiger charge is 2.40. The van der Waals surface area contributed by atoms with Gasteiger partial charge in [-0.1, -0.05) is 29.8 Å². The highest BCUT2D eigenvalue weighted by atomic mass is 35.5. The third-order valence-electron chi connectivity index (χ3n) is 11.1. The number of aliphatic imine (C=N–C) groups is 1. The zero-order chi connectivity index (χ0) is 40.0. The van der Waals surface area contributed by atoms with E-state index in [4.69, 9.17) is 16.6 Å². The fraction of sp³-hybridized carbons (Fsp3) is 0.400. The average Bonchev–Trinajstić information content (AvgIpc) is 3.81. The number of hydrogen-bond donors (Lipinski definition) is 3. The summed E-state index contributed by atoms with van der Waals surface area (Å²) < 4.78 is 2.02. The SMILES string of the molecule is Cc1sc2c(c1C)C(c1ccc(Cl)cc1)=N[C@@H](CC(=O)NN1CCN(C(=O)CCCNc3cccc4c3CN(C3CCC(=O)NC3=O)C4=O)CC1)c1nnc(C)n1-2. The van der Waals surface area contributed by atoms with Crippen LogP contribution in [0.2, 0.25) is 5.02 Å². The number of piperidine rings is 1. The molecule has 6 heterocycles. The Hall–Kier alpha value is -5.45. The molecule has 2 saturated heterocycles. The van der Waals surface area contributed by atoms with E-state index in [9.17, 15) is 24.0 Å². The maximum Gasteiger partial charge on any atom is 0.255 e. The van der Waals surface area contributed by atoms with Crippen molar-refractivity contribution in [1.82, 2.24) is 40.3 Å². The molecule has 2 aromatic heterocycles. The van der Waals surface area contributed by atoms with Crippen LogP contribution in [-0.4, -0.2) is 104 Å². The summed E-state index contributed by atoms with van der Waals surface area (Å²) in [5, 5.41) is 18.1. The number of hydrogen-bond acceptors (Lipinski definition) is 11. The van der Waals surface area contributed by atoms with Gasteiger partial charge in [0.25, 0.3) is 5.91 Å². The van der Waals surface area contributed by atoms with Crippen LogP contribution in [0.1, 0.15) is 87.3 Å². The first kappa shape index (κ1) is 38.4. The molecule has 4 aliphatic heterocycles. The molecular weight excluding hydrogens is 768 g/mol. The van der Waals surface area contributed by atoms with E-state index in [2.05, 4.69) is 40.1 Å². The van der Waals surface area contributed by atoms with E-state index in [1.54, 1.807) is 23.5 Å². The van der Waals surface area contributed by atoms with E-state index < -0.39 is 18.0 Å². The Kier molecular flexibility index (Phi) is 10.7. The first-order valence-corrected chi connectivity index (χ1v) is 20.3. The molecule has 8 rings (SSSR count). The van der Waals surface area contributed by atoms with Crippen LogP contribution >= 0.6 is 22.9 Å². The number of nitrogens with zero attached hydrogens (tertiary/aromatic N) is 7. The number of thiophene rings is 1. The van der Waals surface area contributed by atoms with Gasteiger partial charge < -0.3 is 15.1 Å². The molecule has 15 nitrogen and oxygen atoms in total. The third-order valence-corrected chi connectivity index (χ3v) is 12.6. The van der Waals surface area contributed by atoms with Crippen molar-refractivity contribution in [1.29, 1.82) is 0 Å².